The second-order valence-corrected chi connectivity index (χ2v) is 9.07. The fraction of sp³-hybridized carbons (Fsp3) is 0.455. The van der Waals surface area contributed by atoms with E-state index < -0.39 is 0 Å². The zero-order valence-corrected chi connectivity index (χ0v) is 18.7. The highest BCUT2D eigenvalue weighted by Crippen LogP contribution is 2.40. The van der Waals surface area contributed by atoms with Crippen molar-refractivity contribution in [1.82, 2.24) is 24.7 Å². The van der Waals surface area contributed by atoms with Crippen LogP contribution in [0.2, 0.25) is 5.15 Å². The Morgan fingerprint density at radius 1 is 1.16 bits per heavy atom. The lowest BCUT2D eigenvalue weighted by Gasteiger charge is -2.38. The summed E-state index contributed by atoms with van der Waals surface area (Å²) < 4.78 is 21.1. The van der Waals surface area contributed by atoms with Gasteiger partial charge in [-0.15, -0.1) is 5.10 Å². The van der Waals surface area contributed by atoms with E-state index >= 15 is 0 Å². The summed E-state index contributed by atoms with van der Waals surface area (Å²) >= 11 is 6.06. The Bertz CT molecular complexity index is 1090. The van der Waals surface area contributed by atoms with Gasteiger partial charge in [0.05, 0.1) is 6.04 Å². The van der Waals surface area contributed by atoms with Gasteiger partial charge in [0.1, 0.15) is 28.9 Å². The van der Waals surface area contributed by atoms with E-state index in [4.69, 9.17) is 16.3 Å². The molecule has 1 aliphatic heterocycles. The molecule has 0 radical (unpaired) electrons. The van der Waals surface area contributed by atoms with Crippen molar-refractivity contribution >= 4 is 23.4 Å². The van der Waals surface area contributed by atoms with E-state index in [-0.39, 0.29) is 17.9 Å². The molecule has 1 saturated carbocycles. The first-order chi connectivity index (χ1) is 15.5. The topological polar surface area (TPSA) is 81.0 Å². The van der Waals surface area contributed by atoms with Gasteiger partial charge in [-0.05, 0) is 50.7 Å². The Labute approximate surface area is 190 Å². The quantitative estimate of drug-likeness (QED) is 0.543. The molecule has 0 amide bonds. The van der Waals surface area contributed by atoms with Crippen molar-refractivity contribution < 1.29 is 9.13 Å². The maximum Gasteiger partial charge on any atom is 0.322 e. The zero-order valence-electron chi connectivity index (χ0n) is 17.9. The first-order valence-corrected chi connectivity index (χ1v) is 11.2. The molecule has 0 spiro atoms. The van der Waals surface area contributed by atoms with E-state index in [0.717, 1.165) is 31.7 Å². The number of benzene rings is 1. The largest absolute Gasteiger partial charge is 0.424 e. The third-order valence-electron chi connectivity index (χ3n) is 6.17. The van der Waals surface area contributed by atoms with Crippen LogP contribution < -0.4 is 15.0 Å². The van der Waals surface area contributed by atoms with Crippen LogP contribution in [0.15, 0.2) is 36.7 Å². The van der Waals surface area contributed by atoms with Crippen LogP contribution in [0, 0.1) is 17.7 Å². The molecule has 3 atom stereocenters. The number of hydrogen-bond donors (Lipinski definition) is 1. The highest BCUT2D eigenvalue weighted by Gasteiger charge is 2.43. The lowest BCUT2D eigenvalue weighted by atomic mass is 9.92. The van der Waals surface area contributed by atoms with Gasteiger partial charge in [-0.1, -0.05) is 17.7 Å². The van der Waals surface area contributed by atoms with E-state index in [1.807, 2.05) is 19.9 Å². The Morgan fingerprint density at radius 3 is 2.62 bits per heavy atom. The molecule has 3 heterocycles. The van der Waals surface area contributed by atoms with Crippen LogP contribution in [0.4, 0.5) is 16.2 Å². The van der Waals surface area contributed by atoms with Crippen LogP contribution in [0.3, 0.4) is 0 Å². The first-order valence-electron chi connectivity index (χ1n) is 10.9. The van der Waals surface area contributed by atoms with Gasteiger partial charge >= 0.3 is 6.01 Å². The highest BCUT2D eigenvalue weighted by atomic mass is 35.5. The Balaban J connectivity index is 1.32. The predicted molar refractivity (Wildman–Crippen MR) is 120 cm³/mol. The molecule has 1 saturated heterocycles. The molecule has 1 aromatic carbocycles. The number of aromatic nitrogens is 5. The van der Waals surface area contributed by atoms with Gasteiger partial charge in [-0.25, -0.2) is 19.0 Å². The van der Waals surface area contributed by atoms with Crippen LogP contribution in [0.1, 0.15) is 32.7 Å². The molecule has 2 fully saturated rings. The monoisotopic (exact) mass is 457 g/mol. The summed E-state index contributed by atoms with van der Waals surface area (Å²) in [7, 11) is 0. The number of halogens is 2. The van der Waals surface area contributed by atoms with Gasteiger partial charge < -0.3 is 15.0 Å². The Hall–Kier alpha value is -2.94. The first kappa shape index (κ1) is 20.9. The minimum absolute atomic E-state index is 0.0442. The lowest BCUT2D eigenvalue weighted by Crippen LogP contribution is -2.48. The normalized spacial score (nSPS) is 22.4. The number of hydrogen-bond acceptors (Lipinski definition) is 7. The molecule has 1 N–H and O–H groups in total. The molecule has 168 valence electrons. The standard InChI is InChI=1S/C22H25ClFN7O/c1-13(2)31-22(32-17-5-3-4-16(24)8-17)28-21(29-31)27-20-14-6-7-15(20)11-30(10-14)19-9-18(23)25-12-26-19/h3-5,8-9,12-15,20H,6-7,10-11H2,1-2H3,(H,27,29)/t14-,15+,20-. The molecule has 2 aromatic heterocycles. The number of rotatable bonds is 6. The third-order valence-corrected chi connectivity index (χ3v) is 6.37. The van der Waals surface area contributed by atoms with Gasteiger partial charge in [0.15, 0.2) is 0 Å². The van der Waals surface area contributed by atoms with Crippen molar-refractivity contribution in [3.8, 4) is 11.8 Å². The summed E-state index contributed by atoms with van der Waals surface area (Å²) in [6.07, 6.45) is 3.77. The molecule has 10 heteroatoms. The van der Waals surface area contributed by atoms with Gasteiger partial charge in [0, 0.05) is 31.3 Å². The fourth-order valence-corrected chi connectivity index (χ4v) is 4.84. The number of fused-ring (bicyclic) bond motifs is 2. The number of ether oxygens (including phenoxy) is 1. The molecular formula is C22H25ClFN7O. The third kappa shape index (κ3) is 4.21. The summed E-state index contributed by atoms with van der Waals surface area (Å²) in [5.74, 6) is 2.33. The minimum atomic E-state index is -0.357. The molecule has 5 rings (SSSR count). The fourth-order valence-electron chi connectivity index (χ4n) is 4.70. The zero-order chi connectivity index (χ0) is 22.2. The molecule has 2 aliphatic rings. The van der Waals surface area contributed by atoms with E-state index in [1.54, 1.807) is 16.8 Å². The number of nitrogens with zero attached hydrogens (tertiary/aromatic N) is 6. The van der Waals surface area contributed by atoms with Gasteiger partial charge in [-0.3, -0.25) is 0 Å². The summed E-state index contributed by atoms with van der Waals surface area (Å²) in [4.78, 5) is 15.2. The van der Waals surface area contributed by atoms with Crippen molar-refractivity contribution in [2.24, 2.45) is 11.8 Å². The van der Waals surface area contributed by atoms with Crippen molar-refractivity contribution in [3.05, 3.63) is 47.6 Å². The second-order valence-electron chi connectivity index (χ2n) is 8.69. The average Bonchev–Trinajstić information content (AvgIpc) is 3.24. The number of anilines is 2. The summed E-state index contributed by atoms with van der Waals surface area (Å²) in [6.45, 7) is 5.79. The van der Waals surface area contributed by atoms with Crippen molar-refractivity contribution in [3.63, 3.8) is 0 Å². The molecule has 8 nitrogen and oxygen atoms in total. The maximum atomic E-state index is 13.6. The van der Waals surface area contributed by atoms with Crippen LogP contribution in [0.5, 0.6) is 11.8 Å². The average molecular weight is 458 g/mol. The number of nitrogens with one attached hydrogen (secondary N) is 1. The summed E-state index contributed by atoms with van der Waals surface area (Å²) in [5.41, 5.74) is 0. The van der Waals surface area contributed by atoms with Gasteiger partial charge in [0.2, 0.25) is 5.95 Å². The number of piperidine rings is 1. The van der Waals surface area contributed by atoms with Crippen molar-refractivity contribution in [2.75, 3.05) is 23.3 Å². The van der Waals surface area contributed by atoms with E-state index in [0.29, 0.717) is 34.7 Å². The maximum absolute atomic E-state index is 13.6. The molecule has 2 bridgehead atoms. The van der Waals surface area contributed by atoms with Crippen molar-refractivity contribution in [1.29, 1.82) is 0 Å². The second kappa shape index (κ2) is 8.54. The minimum Gasteiger partial charge on any atom is -0.424 e. The SMILES string of the molecule is CC(C)n1nc(N[C@@H]2[C@@H]3CC[C@H]2CN(c2cc(Cl)ncn2)C3)nc1Oc1cccc(F)c1. The smallest absolute Gasteiger partial charge is 0.322 e. The van der Waals surface area contributed by atoms with Crippen LogP contribution in [0.25, 0.3) is 0 Å². The molecule has 1 aliphatic carbocycles. The summed E-state index contributed by atoms with van der Waals surface area (Å²) in [5, 5.41) is 8.64. The van der Waals surface area contributed by atoms with E-state index in [1.165, 1.54) is 18.5 Å². The molecule has 32 heavy (non-hydrogen) atoms. The van der Waals surface area contributed by atoms with E-state index in [2.05, 4.69) is 30.3 Å². The van der Waals surface area contributed by atoms with Gasteiger partial charge in [0.25, 0.3) is 0 Å². The Kier molecular flexibility index (Phi) is 5.58. The lowest BCUT2D eigenvalue weighted by molar-refractivity contribution is 0.373. The molecule has 3 aromatic rings. The highest BCUT2D eigenvalue weighted by molar-refractivity contribution is 6.29. The van der Waals surface area contributed by atoms with Crippen LogP contribution >= 0.6 is 11.6 Å². The van der Waals surface area contributed by atoms with Crippen molar-refractivity contribution in [2.45, 2.75) is 38.8 Å². The van der Waals surface area contributed by atoms with Gasteiger partial charge in [-0.2, -0.15) is 4.98 Å². The Morgan fingerprint density at radius 2 is 1.94 bits per heavy atom. The summed E-state index contributed by atoms with van der Waals surface area (Å²) in [6, 6.07) is 8.49. The predicted octanol–water partition coefficient (Wildman–Crippen LogP) is 4.56. The van der Waals surface area contributed by atoms with Crippen LogP contribution in [-0.2, 0) is 0 Å². The van der Waals surface area contributed by atoms with Crippen LogP contribution in [-0.4, -0.2) is 43.9 Å². The van der Waals surface area contributed by atoms with E-state index in [9.17, 15) is 4.39 Å². The molecule has 0 unspecified atom stereocenters. The molecular weight excluding hydrogens is 433 g/mol.